The molecule has 1 aliphatic heterocycles. The number of amides is 1. The number of hydrogen-bond donors (Lipinski definition) is 3. The number of aromatic amines is 1. The monoisotopic (exact) mass is 310 g/mol. The molecule has 0 unspecified atom stereocenters. The first-order valence-corrected chi connectivity index (χ1v) is 7.37. The van der Waals surface area contributed by atoms with Gasteiger partial charge in [-0.15, -0.1) is 0 Å². The number of carbonyl (C=O) groups excluding carboxylic acids is 1. The van der Waals surface area contributed by atoms with Crippen molar-refractivity contribution < 1.29 is 9.53 Å². The van der Waals surface area contributed by atoms with Crippen LogP contribution in [0.15, 0.2) is 0 Å². The maximum absolute atomic E-state index is 12.4. The number of nitrogens with zero attached hydrogens (tertiary/aromatic N) is 1. The van der Waals surface area contributed by atoms with Crippen molar-refractivity contribution in [1.82, 2.24) is 15.6 Å². The predicted octanol–water partition coefficient (Wildman–Crippen LogP) is 1.34. The third-order valence-corrected chi connectivity index (χ3v) is 4.05. The summed E-state index contributed by atoms with van der Waals surface area (Å²) in [5.74, 6) is -0.321. The van der Waals surface area contributed by atoms with Crippen LogP contribution < -0.4 is 10.6 Å². The van der Waals surface area contributed by atoms with E-state index in [1.165, 1.54) is 0 Å². The Kier molecular flexibility index (Phi) is 5.23. The van der Waals surface area contributed by atoms with Crippen LogP contribution in [0.1, 0.15) is 35.1 Å². The summed E-state index contributed by atoms with van der Waals surface area (Å²) >= 11 is 6.01. The minimum Gasteiger partial charge on any atom is -0.375 e. The fourth-order valence-corrected chi connectivity index (χ4v) is 2.69. The molecule has 7 heteroatoms. The maximum atomic E-state index is 12.4. The number of aromatic nitrogens is 1. The molecule has 1 fully saturated rings. The zero-order valence-corrected chi connectivity index (χ0v) is 12.9. The number of nitriles is 1. The number of ether oxygens (including phenoxy) is 1. The number of piperidine rings is 1. The second-order valence-corrected chi connectivity index (χ2v) is 5.37. The lowest BCUT2D eigenvalue weighted by molar-refractivity contribution is 0.0208. The number of H-pyrrole nitrogens is 1. The highest BCUT2D eigenvalue weighted by Gasteiger charge is 2.29. The van der Waals surface area contributed by atoms with E-state index in [2.05, 4.69) is 15.6 Å². The van der Waals surface area contributed by atoms with E-state index in [0.29, 0.717) is 23.9 Å². The first-order valence-electron chi connectivity index (χ1n) is 6.99. The van der Waals surface area contributed by atoms with Crippen LogP contribution in [0, 0.1) is 18.3 Å². The Labute approximate surface area is 128 Å². The Bertz CT molecular complexity index is 562. The lowest BCUT2D eigenvalue weighted by Gasteiger charge is -2.32. The lowest BCUT2D eigenvalue weighted by atomic mass is 10.0. The second kappa shape index (κ2) is 6.94. The second-order valence-electron chi connectivity index (χ2n) is 4.99. The van der Waals surface area contributed by atoms with Crippen LogP contribution >= 0.6 is 11.6 Å². The van der Waals surface area contributed by atoms with Gasteiger partial charge in [0.25, 0.3) is 5.91 Å². The van der Waals surface area contributed by atoms with Crippen LogP contribution in [0.3, 0.4) is 0 Å². The van der Waals surface area contributed by atoms with Crippen LogP contribution in [-0.2, 0) is 4.74 Å². The van der Waals surface area contributed by atoms with Gasteiger partial charge >= 0.3 is 0 Å². The van der Waals surface area contributed by atoms with Gasteiger partial charge in [-0.05, 0) is 26.8 Å². The van der Waals surface area contributed by atoms with E-state index in [4.69, 9.17) is 21.6 Å². The summed E-state index contributed by atoms with van der Waals surface area (Å²) in [5.41, 5.74) is 1.02. The number of carbonyl (C=O) groups is 1. The average molecular weight is 311 g/mol. The molecule has 2 heterocycles. The van der Waals surface area contributed by atoms with E-state index < -0.39 is 0 Å². The Balaban J connectivity index is 2.14. The zero-order chi connectivity index (χ0) is 15.4. The van der Waals surface area contributed by atoms with Gasteiger partial charge in [-0.1, -0.05) is 11.6 Å². The summed E-state index contributed by atoms with van der Waals surface area (Å²) in [7, 11) is 0. The molecular weight excluding hydrogens is 292 g/mol. The van der Waals surface area contributed by atoms with Crippen molar-refractivity contribution in [3.63, 3.8) is 0 Å². The predicted molar refractivity (Wildman–Crippen MR) is 79.4 cm³/mol. The standard InChI is InChI=1S/C14H19ClN4O2/c1-3-21-11-7-17-5-4-10(11)19-14(20)13-9(6-16)12(15)8(2)18-13/h10-11,17-18H,3-5,7H2,1-2H3,(H,19,20)/t10-,11+/m1/s1. The zero-order valence-electron chi connectivity index (χ0n) is 12.1. The third-order valence-electron chi connectivity index (χ3n) is 3.57. The van der Waals surface area contributed by atoms with Gasteiger partial charge in [0.15, 0.2) is 0 Å². The van der Waals surface area contributed by atoms with E-state index in [9.17, 15) is 4.79 Å². The van der Waals surface area contributed by atoms with E-state index in [1.54, 1.807) is 6.92 Å². The third kappa shape index (κ3) is 3.38. The van der Waals surface area contributed by atoms with Crippen LogP contribution in [0.25, 0.3) is 0 Å². The van der Waals surface area contributed by atoms with Gasteiger partial charge in [0.1, 0.15) is 17.3 Å². The van der Waals surface area contributed by atoms with E-state index in [1.807, 2.05) is 13.0 Å². The first-order chi connectivity index (χ1) is 10.1. The topological polar surface area (TPSA) is 89.9 Å². The quantitative estimate of drug-likeness (QED) is 0.783. The Hall–Kier alpha value is -1.55. The molecule has 0 spiro atoms. The number of nitrogens with one attached hydrogen (secondary N) is 3. The van der Waals surface area contributed by atoms with Crippen LogP contribution in [0.4, 0.5) is 0 Å². The summed E-state index contributed by atoms with van der Waals surface area (Å²) in [6.45, 7) is 5.77. The van der Waals surface area contributed by atoms with Crippen molar-refractivity contribution in [3.8, 4) is 6.07 Å². The Morgan fingerprint density at radius 2 is 2.38 bits per heavy atom. The number of halogens is 1. The number of aryl methyl sites for hydroxylation is 1. The fourth-order valence-electron chi connectivity index (χ4n) is 2.50. The summed E-state index contributed by atoms with van der Waals surface area (Å²) in [4.78, 5) is 15.3. The van der Waals surface area contributed by atoms with Crippen LogP contribution in [0.2, 0.25) is 5.02 Å². The molecule has 0 aromatic carbocycles. The molecule has 0 saturated carbocycles. The molecular formula is C14H19ClN4O2. The van der Waals surface area contributed by atoms with E-state index in [0.717, 1.165) is 13.0 Å². The van der Waals surface area contributed by atoms with Crippen molar-refractivity contribution in [2.45, 2.75) is 32.4 Å². The van der Waals surface area contributed by atoms with Crippen molar-refractivity contribution in [1.29, 1.82) is 5.26 Å². The largest absolute Gasteiger partial charge is 0.375 e. The SMILES string of the molecule is CCO[C@H]1CNCC[C@H]1NC(=O)c1[nH]c(C)c(Cl)c1C#N. The highest BCUT2D eigenvalue weighted by molar-refractivity contribution is 6.33. The molecule has 114 valence electrons. The molecule has 1 amide bonds. The number of hydrogen-bond acceptors (Lipinski definition) is 4. The van der Waals surface area contributed by atoms with Crippen molar-refractivity contribution in [2.24, 2.45) is 0 Å². The highest BCUT2D eigenvalue weighted by atomic mass is 35.5. The summed E-state index contributed by atoms with van der Waals surface area (Å²) in [6, 6.07) is 1.90. The fraction of sp³-hybridized carbons (Fsp3) is 0.571. The molecule has 2 rings (SSSR count). The van der Waals surface area contributed by atoms with Gasteiger partial charge in [0.05, 0.1) is 17.2 Å². The van der Waals surface area contributed by atoms with Gasteiger partial charge in [-0.3, -0.25) is 4.79 Å². The van der Waals surface area contributed by atoms with Gasteiger partial charge in [-0.2, -0.15) is 5.26 Å². The van der Waals surface area contributed by atoms with Crippen LogP contribution in [-0.4, -0.2) is 42.7 Å². The van der Waals surface area contributed by atoms with Gasteiger partial charge in [0, 0.05) is 18.8 Å². The Morgan fingerprint density at radius 3 is 3.05 bits per heavy atom. The molecule has 1 aromatic rings. The van der Waals surface area contributed by atoms with Crippen LogP contribution in [0.5, 0.6) is 0 Å². The van der Waals surface area contributed by atoms with Gasteiger partial charge in [-0.25, -0.2) is 0 Å². The smallest absolute Gasteiger partial charge is 0.269 e. The maximum Gasteiger partial charge on any atom is 0.269 e. The number of rotatable bonds is 4. The molecule has 0 aliphatic carbocycles. The summed E-state index contributed by atoms with van der Waals surface area (Å²) < 4.78 is 5.64. The summed E-state index contributed by atoms with van der Waals surface area (Å²) in [6.07, 6.45) is 0.718. The molecule has 3 N–H and O–H groups in total. The molecule has 6 nitrogen and oxygen atoms in total. The molecule has 21 heavy (non-hydrogen) atoms. The Morgan fingerprint density at radius 1 is 1.62 bits per heavy atom. The van der Waals surface area contributed by atoms with Gasteiger partial charge in [0.2, 0.25) is 0 Å². The van der Waals surface area contributed by atoms with Crippen molar-refractivity contribution >= 4 is 17.5 Å². The minimum absolute atomic E-state index is 0.0650. The first kappa shape index (κ1) is 15.8. The molecule has 0 radical (unpaired) electrons. The minimum atomic E-state index is -0.321. The molecule has 1 aromatic heterocycles. The van der Waals surface area contributed by atoms with E-state index >= 15 is 0 Å². The molecule has 1 saturated heterocycles. The highest BCUT2D eigenvalue weighted by Crippen LogP contribution is 2.23. The lowest BCUT2D eigenvalue weighted by Crippen LogP contribution is -2.54. The molecule has 2 atom stereocenters. The normalized spacial score (nSPS) is 21.8. The van der Waals surface area contributed by atoms with Crippen molar-refractivity contribution in [2.75, 3.05) is 19.7 Å². The summed E-state index contributed by atoms with van der Waals surface area (Å²) in [5, 5.41) is 15.6. The average Bonchev–Trinajstić information content (AvgIpc) is 2.77. The molecule has 1 aliphatic rings. The van der Waals surface area contributed by atoms with Crippen molar-refractivity contribution in [3.05, 3.63) is 22.0 Å². The molecule has 0 bridgehead atoms. The van der Waals surface area contributed by atoms with Gasteiger partial charge < -0.3 is 20.4 Å². The van der Waals surface area contributed by atoms with E-state index in [-0.39, 0.29) is 29.3 Å².